The smallest absolute Gasteiger partial charge is 0.220 e. The second-order valence-electron chi connectivity index (χ2n) is 6.04. The Hall–Kier alpha value is -2.21. The molecule has 6 nitrogen and oxygen atoms in total. The van der Waals surface area contributed by atoms with E-state index in [1.165, 1.54) is 19.3 Å². The SMILES string of the molecule is COCc1cn(-c2cccc(CNC(=O)CC3CCC3)c2)nn1. The van der Waals surface area contributed by atoms with Crippen molar-refractivity contribution in [3.05, 3.63) is 41.7 Å². The predicted molar refractivity (Wildman–Crippen MR) is 85.9 cm³/mol. The molecule has 0 saturated heterocycles. The van der Waals surface area contributed by atoms with Crippen LogP contribution in [0.3, 0.4) is 0 Å². The maximum atomic E-state index is 11.9. The fraction of sp³-hybridized carbons (Fsp3) is 0.471. The molecule has 1 saturated carbocycles. The standard InChI is InChI=1S/C17H22N4O2/c1-23-12-15-11-21(20-19-15)16-7-3-6-14(8-16)10-18-17(22)9-13-4-2-5-13/h3,6-8,11,13H,2,4-5,9-10,12H2,1H3,(H,18,22). The number of carbonyl (C=O) groups is 1. The molecule has 1 aliphatic carbocycles. The predicted octanol–water partition coefficient (Wildman–Crippen LogP) is 2.22. The van der Waals surface area contributed by atoms with Crippen LogP contribution in [0.2, 0.25) is 0 Å². The topological polar surface area (TPSA) is 69.0 Å². The van der Waals surface area contributed by atoms with Crippen LogP contribution < -0.4 is 5.32 Å². The summed E-state index contributed by atoms with van der Waals surface area (Å²) in [4.78, 5) is 11.9. The minimum absolute atomic E-state index is 0.142. The highest BCUT2D eigenvalue weighted by Crippen LogP contribution is 2.29. The number of hydrogen-bond donors (Lipinski definition) is 1. The molecule has 0 spiro atoms. The van der Waals surface area contributed by atoms with Crippen LogP contribution in [0.5, 0.6) is 0 Å². The van der Waals surface area contributed by atoms with Gasteiger partial charge in [-0.1, -0.05) is 23.8 Å². The summed E-state index contributed by atoms with van der Waals surface area (Å²) in [5.74, 6) is 0.735. The summed E-state index contributed by atoms with van der Waals surface area (Å²) in [6.45, 7) is 0.982. The minimum Gasteiger partial charge on any atom is -0.378 e. The summed E-state index contributed by atoms with van der Waals surface area (Å²) in [6, 6.07) is 7.93. The quantitative estimate of drug-likeness (QED) is 0.851. The molecule has 3 rings (SSSR count). The van der Waals surface area contributed by atoms with E-state index in [2.05, 4.69) is 15.6 Å². The molecule has 122 valence electrons. The average molecular weight is 314 g/mol. The lowest BCUT2D eigenvalue weighted by Gasteiger charge is -2.24. The molecule has 1 aromatic heterocycles. The third-order valence-corrected chi connectivity index (χ3v) is 4.20. The Morgan fingerprint density at radius 3 is 3.04 bits per heavy atom. The van der Waals surface area contributed by atoms with Crippen molar-refractivity contribution in [1.82, 2.24) is 20.3 Å². The van der Waals surface area contributed by atoms with Gasteiger partial charge in [0, 0.05) is 20.1 Å². The third kappa shape index (κ3) is 4.16. The van der Waals surface area contributed by atoms with Gasteiger partial charge in [-0.15, -0.1) is 5.10 Å². The van der Waals surface area contributed by atoms with Gasteiger partial charge in [0.15, 0.2) is 0 Å². The van der Waals surface area contributed by atoms with Crippen LogP contribution in [0.1, 0.15) is 36.9 Å². The summed E-state index contributed by atoms with van der Waals surface area (Å²) < 4.78 is 6.76. The Morgan fingerprint density at radius 2 is 2.30 bits per heavy atom. The van der Waals surface area contributed by atoms with Crippen molar-refractivity contribution in [2.24, 2.45) is 5.92 Å². The molecule has 1 amide bonds. The van der Waals surface area contributed by atoms with Crippen molar-refractivity contribution < 1.29 is 9.53 Å². The first-order valence-electron chi connectivity index (χ1n) is 8.01. The minimum atomic E-state index is 0.142. The van der Waals surface area contributed by atoms with E-state index < -0.39 is 0 Å². The van der Waals surface area contributed by atoms with E-state index in [-0.39, 0.29) is 5.91 Å². The van der Waals surface area contributed by atoms with E-state index in [0.717, 1.165) is 16.9 Å². The van der Waals surface area contributed by atoms with E-state index in [1.54, 1.807) is 11.8 Å². The summed E-state index contributed by atoms with van der Waals surface area (Å²) in [5.41, 5.74) is 2.76. The average Bonchev–Trinajstić information content (AvgIpc) is 2.98. The van der Waals surface area contributed by atoms with E-state index in [0.29, 0.717) is 25.5 Å². The number of amides is 1. The van der Waals surface area contributed by atoms with Crippen molar-refractivity contribution in [2.45, 2.75) is 38.8 Å². The molecule has 1 fully saturated rings. The second-order valence-corrected chi connectivity index (χ2v) is 6.04. The number of nitrogens with one attached hydrogen (secondary N) is 1. The molecule has 0 unspecified atom stereocenters. The zero-order chi connectivity index (χ0) is 16.1. The van der Waals surface area contributed by atoms with Crippen molar-refractivity contribution in [3.8, 4) is 5.69 Å². The number of nitrogens with zero attached hydrogens (tertiary/aromatic N) is 3. The van der Waals surface area contributed by atoms with Crippen molar-refractivity contribution in [1.29, 1.82) is 0 Å². The Bertz CT molecular complexity index is 664. The highest BCUT2D eigenvalue weighted by Gasteiger charge is 2.20. The lowest BCUT2D eigenvalue weighted by Crippen LogP contribution is -2.27. The summed E-state index contributed by atoms with van der Waals surface area (Å²) >= 11 is 0. The summed E-state index contributed by atoms with van der Waals surface area (Å²) in [6.07, 6.45) is 6.15. The highest BCUT2D eigenvalue weighted by atomic mass is 16.5. The van der Waals surface area contributed by atoms with Gasteiger partial charge in [0.05, 0.1) is 18.5 Å². The van der Waals surface area contributed by atoms with Crippen LogP contribution in [0.4, 0.5) is 0 Å². The fourth-order valence-corrected chi connectivity index (χ4v) is 2.68. The maximum Gasteiger partial charge on any atom is 0.220 e. The van der Waals surface area contributed by atoms with E-state index in [9.17, 15) is 4.79 Å². The number of rotatable bonds is 7. The van der Waals surface area contributed by atoms with Crippen LogP contribution in [0.25, 0.3) is 5.69 Å². The molecular weight excluding hydrogens is 292 g/mol. The van der Waals surface area contributed by atoms with Crippen molar-refractivity contribution >= 4 is 5.91 Å². The lowest BCUT2D eigenvalue weighted by molar-refractivity contribution is -0.122. The van der Waals surface area contributed by atoms with Gasteiger partial charge in [0.25, 0.3) is 0 Å². The Morgan fingerprint density at radius 1 is 1.43 bits per heavy atom. The number of aromatic nitrogens is 3. The summed E-state index contributed by atoms with van der Waals surface area (Å²) in [5, 5.41) is 11.1. The maximum absolute atomic E-state index is 11.9. The normalized spacial score (nSPS) is 14.5. The molecule has 0 radical (unpaired) electrons. The molecule has 2 aromatic rings. The summed E-state index contributed by atoms with van der Waals surface area (Å²) in [7, 11) is 1.63. The van der Waals surface area contributed by atoms with Gasteiger partial charge in [-0.3, -0.25) is 4.79 Å². The van der Waals surface area contributed by atoms with Crippen LogP contribution in [-0.2, 0) is 22.7 Å². The number of ether oxygens (including phenoxy) is 1. The van der Waals surface area contributed by atoms with Gasteiger partial charge in [0.1, 0.15) is 5.69 Å². The molecule has 1 heterocycles. The van der Waals surface area contributed by atoms with Gasteiger partial charge >= 0.3 is 0 Å². The molecule has 0 aliphatic heterocycles. The molecule has 1 N–H and O–H groups in total. The first-order valence-corrected chi connectivity index (χ1v) is 8.01. The van der Waals surface area contributed by atoms with Gasteiger partial charge in [-0.2, -0.15) is 0 Å². The number of benzene rings is 1. The zero-order valence-corrected chi connectivity index (χ0v) is 13.4. The third-order valence-electron chi connectivity index (χ3n) is 4.20. The van der Waals surface area contributed by atoms with Crippen molar-refractivity contribution in [2.75, 3.05) is 7.11 Å². The van der Waals surface area contributed by atoms with E-state index in [4.69, 9.17) is 4.74 Å². The molecule has 6 heteroatoms. The van der Waals surface area contributed by atoms with Crippen LogP contribution in [0.15, 0.2) is 30.5 Å². The largest absolute Gasteiger partial charge is 0.378 e. The Labute approximate surface area is 135 Å². The van der Waals surface area contributed by atoms with Crippen LogP contribution >= 0.6 is 0 Å². The van der Waals surface area contributed by atoms with Crippen molar-refractivity contribution in [3.63, 3.8) is 0 Å². The molecule has 23 heavy (non-hydrogen) atoms. The van der Waals surface area contributed by atoms with Gasteiger partial charge in [0.2, 0.25) is 5.91 Å². The van der Waals surface area contributed by atoms with Gasteiger partial charge < -0.3 is 10.1 Å². The first kappa shape index (κ1) is 15.7. The lowest BCUT2D eigenvalue weighted by atomic mass is 9.83. The molecule has 0 atom stereocenters. The molecular formula is C17H22N4O2. The highest BCUT2D eigenvalue weighted by molar-refractivity contribution is 5.76. The molecule has 0 bridgehead atoms. The second kappa shape index (κ2) is 7.37. The fourth-order valence-electron chi connectivity index (χ4n) is 2.68. The van der Waals surface area contributed by atoms with Crippen LogP contribution in [-0.4, -0.2) is 28.0 Å². The first-order chi connectivity index (χ1) is 11.2. The Kier molecular flexibility index (Phi) is 5.02. The monoisotopic (exact) mass is 314 g/mol. The number of methoxy groups -OCH3 is 1. The number of hydrogen-bond acceptors (Lipinski definition) is 4. The Balaban J connectivity index is 1.58. The van der Waals surface area contributed by atoms with E-state index in [1.807, 2.05) is 30.5 Å². The van der Waals surface area contributed by atoms with Crippen LogP contribution in [0, 0.1) is 5.92 Å². The zero-order valence-electron chi connectivity index (χ0n) is 13.4. The van der Waals surface area contributed by atoms with Gasteiger partial charge in [-0.25, -0.2) is 4.68 Å². The van der Waals surface area contributed by atoms with E-state index >= 15 is 0 Å². The van der Waals surface area contributed by atoms with Gasteiger partial charge in [-0.05, 0) is 36.5 Å². The molecule has 1 aliphatic rings. The number of carbonyl (C=O) groups excluding carboxylic acids is 1. The molecule has 1 aromatic carbocycles.